The van der Waals surface area contributed by atoms with Gasteiger partial charge in [-0.25, -0.2) is 4.79 Å². The summed E-state index contributed by atoms with van der Waals surface area (Å²) in [7, 11) is 1.79. The number of carbonyl (C=O) groups is 1. The third-order valence-corrected chi connectivity index (χ3v) is 4.03. The van der Waals surface area contributed by atoms with Crippen LogP contribution in [0.5, 0.6) is 0 Å². The monoisotopic (exact) mass is 265 g/mol. The van der Waals surface area contributed by atoms with Gasteiger partial charge in [-0.1, -0.05) is 13.8 Å². The van der Waals surface area contributed by atoms with E-state index in [1.54, 1.807) is 11.7 Å². The van der Waals surface area contributed by atoms with Gasteiger partial charge in [-0.15, -0.1) is 0 Å². The maximum Gasteiger partial charge on any atom is 0.339 e. The molecule has 0 saturated heterocycles. The summed E-state index contributed by atoms with van der Waals surface area (Å²) in [5.74, 6) is 0.578. The van der Waals surface area contributed by atoms with Crippen LogP contribution in [0.4, 0.5) is 0 Å². The average molecular weight is 265 g/mol. The lowest BCUT2D eigenvalue weighted by Gasteiger charge is -2.32. The van der Waals surface area contributed by atoms with Gasteiger partial charge in [-0.05, 0) is 31.1 Å². The number of nitrogens with one attached hydrogen (secondary N) is 1. The third-order valence-electron chi connectivity index (χ3n) is 4.03. The van der Waals surface area contributed by atoms with Crippen LogP contribution in [0.3, 0.4) is 0 Å². The van der Waals surface area contributed by atoms with E-state index in [1.165, 1.54) is 25.5 Å². The van der Waals surface area contributed by atoms with E-state index in [1.807, 2.05) is 0 Å². The molecule has 0 amide bonds. The van der Waals surface area contributed by atoms with Crippen molar-refractivity contribution >= 4 is 5.97 Å². The van der Waals surface area contributed by atoms with Crippen molar-refractivity contribution in [1.29, 1.82) is 0 Å². The van der Waals surface area contributed by atoms with Crippen molar-refractivity contribution in [2.45, 2.75) is 45.7 Å². The second-order valence-electron chi connectivity index (χ2n) is 5.93. The topological polar surface area (TPSA) is 67.2 Å². The van der Waals surface area contributed by atoms with E-state index in [4.69, 9.17) is 5.11 Å². The summed E-state index contributed by atoms with van der Waals surface area (Å²) in [6.07, 6.45) is 5.06. The Morgan fingerprint density at radius 2 is 2.05 bits per heavy atom. The highest BCUT2D eigenvalue weighted by Crippen LogP contribution is 2.28. The van der Waals surface area contributed by atoms with E-state index < -0.39 is 5.97 Å². The van der Waals surface area contributed by atoms with Crippen molar-refractivity contribution in [2.75, 3.05) is 0 Å². The first-order valence-corrected chi connectivity index (χ1v) is 6.95. The first-order chi connectivity index (χ1) is 8.97. The Bertz CT molecular complexity index is 446. The van der Waals surface area contributed by atoms with Gasteiger partial charge in [-0.2, -0.15) is 5.10 Å². The standard InChI is InChI=1S/C14H23N3O2/c1-9-4-10(2)6-11(5-9)15-8-13-12(14(18)19)7-16-17(13)3/h7,9-11,15H,4-6,8H2,1-3H3,(H,18,19). The van der Waals surface area contributed by atoms with Crippen molar-refractivity contribution in [2.24, 2.45) is 18.9 Å². The number of aromatic carboxylic acids is 1. The van der Waals surface area contributed by atoms with Gasteiger partial charge in [0.25, 0.3) is 0 Å². The van der Waals surface area contributed by atoms with Gasteiger partial charge in [0.15, 0.2) is 0 Å². The van der Waals surface area contributed by atoms with E-state index in [9.17, 15) is 4.79 Å². The van der Waals surface area contributed by atoms with E-state index in [2.05, 4.69) is 24.3 Å². The molecule has 0 aliphatic heterocycles. The van der Waals surface area contributed by atoms with Crippen LogP contribution in [-0.2, 0) is 13.6 Å². The SMILES string of the molecule is CC1CC(C)CC(NCc2c(C(=O)O)cnn2C)C1. The minimum atomic E-state index is -0.907. The predicted molar refractivity (Wildman–Crippen MR) is 73.0 cm³/mol. The maximum atomic E-state index is 11.1. The van der Waals surface area contributed by atoms with E-state index in [0.717, 1.165) is 17.5 Å². The van der Waals surface area contributed by atoms with Crippen LogP contribution in [0.2, 0.25) is 0 Å². The first kappa shape index (κ1) is 14.1. The van der Waals surface area contributed by atoms with Crippen molar-refractivity contribution in [3.05, 3.63) is 17.5 Å². The van der Waals surface area contributed by atoms with Gasteiger partial charge in [0.1, 0.15) is 5.56 Å². The minimum absolute atomic E-state index is 0.298. The highest BCUT2D eigenvalue weighted by Gasteiger charge is 2.24. The van der Waals surface area contributed by atoms with E-state index in [-0.39, 0.29) is 0 Å². The summed E-state index contributed by atoms with van der Waals surface area (Å²) >= 11 is 0. The highest BCUT2D eigenvalue weighted by molar-refractivity contribution is 5.88. The number of aryl methyl sites for hydroxylation is 1. The summed E-state index contributed by atoms with van der Waals surface area (Å²) in [4.78, 5) is 11.1. The number of hydrogen-bond acceptors (Lipinski definition) is 3. The quantitative estimate of drug-likeness (QED) is 0.874. The fourth-order valence-electron chi connectivity index (χ4n) is 3.21. The third kappa shape index (κ3) is 3.35. The fourth-order valence-corrected chi connectivity index (χ4v) is 3.21. The molecule has 1 aliphatic carbocycles. The summed E-state index contributed by atoms with van der Waals surface area (Å²) in [5.41, 5.74) is 1.05. The molecule has 1 aromatic heterocycles. The zero-order chi connectivity index (χ0) is 14.0. The molecule has 1 saturated carbocycles. The summed E-state index contributed by atoms with van der Waals surface area (Å²) in [6.45, 7) is 5.15. The first-order valence-electron chi connectivity index (χ1n) is 6.95. The van der Waals surface area contributed by atoms with E-state index >= 15 is 0 Å². The molecular weight excluding hydrogens is 242 g/mol. The minimum Gasteiger partial charge on any atom is -0.478 e. The van der Waals surface area contributed by atoms with Crippen LogP contribution in [-0.4, -0.2) is 26.9 Å². The molecule has 1 heterocycles. The Morgan fingerprint density at radius 3 is 2.63 bits per heavy atom. The molecule has 2 unspecified atom stereocenters. The number of carboxylic acids is 1. The van der Waals surface area contributed by atoms with Gasteiger partial charge in [0.05, 0.1) is 11.9 Å². The molecule has 1 fully saturated rings. The molecule has 2 rings (SSSR count). The molecule has 1 aliphatic rings. The number of hydrogen-bond donors (Lipinski definition) is 2. The van der Waals surface area contributed by atoms with Gasteiger partial charge in [-0.3, -0.25) is 4.68 Å². The molecule has 5 heteroatoms. The summed E-state index contributed by atoms with van der Waals surface area (Å²) < 4.78 is 1.64. The van der Waals surface area contributed by atoms with Gasteiger partial charge < -0.3 is 10.4 Å². The predicted octanol–water partition coefficient (Wildman–Crippen LogP) is 2.03. The summed E-state index contributed by atoms with van der Waals surface area (Å²) in [5, 5.41) is 16.6. The lowest BCUT2D eigenvalue weighted by molar-refractivity contribution is 0.0695. The molecule has 2 N–H and O–H groups in total. The largest absolute Gasteiger partial charge is 0.478 e. The zero-order valence-corrected chi connectivity index (χ0v) is 11.9. The van der Waals surface area contributed by atoms with Crippen LogP contribution in [0, 0.1) is 11.8 Å². The second-order valence-corrected chi connectivity index (χ2v) is 5.93. The number of carboxylic acid groups (broad SMARTS) is 1. The van der Waals surface area contributed by atoms with Crippen molar-refractivity contribution in [1.82, 2.24) is 15.1 Å². The molecular formula is C14H23N3O2. The average Bonchev–Trinajstić information content (AvgIpc) is 2.67. The molecule has 1 aromatic rings. The van der Waals surface area contributed by atoms with E-state index in [0.29, 0.717) is 18.2 Å². The normalized spacial score (nSPS) is 27.4. The fraction of sp³-hybridized carbons (Fsp3) is 0.714. The van der Waals surface area contributed by atoms with Gasteiger partial charge in [0, 0.05) is 19.6 Å². The van der Waals surface area contributed by atoms with Crippen LogP contribution in [0.25, 0.3) is 0 Å². The zero-order valence-electron chi connectivity index (χ0n) is 11.9. The number of rotatable bonds is 4. The Morgan fingerprint density at radius 1 is 1.42 bits per heavy atom. The van der Waals surface area contributed by atoms with Crippen molar-refractivity contribution in [3.63, 3.8) is 0 Å². The van der Waals surface area contributed by atoms with Gasteiger partial charge >= 0.3 is 5.97 Å². The van der Waals surface area contributed by atoms with Crippen LogP contribution >= 0.6 is 0 Å². The molecule has 19 heavy (non-hydrogen) atoms. The van der Waals surface area contributed by atoms with Crippen LogP contribution in [0.1, 0.15) is 49.2 Å². The Kier molecular flexibility index (Phi) is 4.24. The number of aromatic nitrogens is 2. The molecule has 0 aromatic carbocycles. The Labute approximate surface area is 114 Å². The maximum absolute atomic E-state index is 11.1. The lowest BCUT2D eigenvalue weighted by atomic mass is 9.80. The highest BCUT2D eigenvalue weighted by atomic mass is 16.4. The summed E-state index contributed by atoms with van der Waals surface area (Å²) in [6, 6.07) is 0.482. The van der Waals surface area contributed by atoms with Crippen molar-refractivity contribution < 1.29 is 9.90 Å². The van der Waals surface area contributed by atoms with Crippen LogP contribution in [0.15, 0.2) is 6.20 Å². The smallest absolute Gasteiger partial charge is 0.339 e. The molecule has 0 radical (unpaired) electrons. The Hall–Kier alpha value is -1.36. The second kappa shape index (κ2) is 5.74. The molecule has 0 spiro atoms. The number of nitrogens with zero attached hydrogens (tertiary/aromatic N) is 2. The van der Waals surface area contributed by atoms with Gasteiger partial charge in [0.2, 0.25) is 0 Å². The Balaban J connectivity index is 1.99. The lowest BCUT2D eigenvalue weighted by Crippen LogP contribution is -2.36. The molecule has 106 valence electrons. The molecule has 5 nitrogen and oxygen atoms in total. The molecule has 0 bridgehead atoms. The molecule has 2 atom stereocenters. The van der Waals surface area contributed by atoms with Crippen LogP contribution < -0.4 is 5.32 Å². The van der Waals surface area contributed by atoms with Crippen molar-refractivity contribution in [3.8, 4) is 0 Å².